The molecule has 38 heavy (non-hydrogen) atoms. The highest BCUT2D eigenvalue weighted by atomic mass is 35.5. The monoisotopic (exact) mass is 557 g/mol. The number of carbonyl (C=O) groups excluding carboxylic acids is 2. The van der Waals surface area contributed by atoms with Crippen molar-refractivity contribution < 1.29 is 19.1 Å². The quantitative estimate of drug-likeness (QED) is 0.193. The van der Waals surface area contributed by atoms with Crippen LogP contribution in [0.25, 0.3) is 0 Å². The van der Waals surface area contributed by atoms with Gasteiger partial charge in [-0.05, 0) is 69.2 Å². The number of hydrogen-bond acceptors (Lipinski definition) is 7. The zero-order valence-electron chi connectivity index (χ0n) is 22.1. The van der Waals surface area contributed by atoms with E-state index in [4.69, 9.17) is 21.1 Å². The Morgan fingerprint density at radius 1 is 1.18 bits per heavy atom. The van der Waals surface area contributed by atoms with Gasteiger partial charge in [-0.2, -0.15) is 0 Å². The Bertz CT molecular complexity index is 1280. The number of nitrogens with one attached hydrogen (secondary N) is 2. The van der Waals surface area contributed by atoms with Gasteiger partial charge in [0.05, 0.1) is 31.5 Å². The summed E-state index contributed by atoms with van der Waals surface area (Å²) in [5.74, 6) is 0.658. The van der Waals surface area contributed by atoms with E-state index in [1.807, 2.05) is 51.1 Å². The zero-order chi connectivity index (χ0) is 27.7. The van der Waals surface area contributed by atoms with Gasteiger partial charge in [-0.15, -0.1) is 11.3 Å². The minimum absolute atomic E-state index is 0.0601. The molecule has 0 radical (unpaired) electrons. The van der Waals surface area contributed by atoms with E-state index in [-0.39, 0.29) is 30.8 Å². The first-order chi connectivity index (χ1) is 18.2. The van der Waals surface area contributed by atoms with Crippen LogP contribution in [0.4, 0.5) is 10.5 Å². The van der Waals surface area contributed by atoms with Crippen molar-refractivity contribution in [1.82, 2.24) is 15.2 Å². The third-order valence-corrected chi connectivity index (χ3v) is 6.31. The van der Waals surface area contributed by atoms with Gasteiger partial charge < -0.3 is 20.1 Å². The molecule has 0 saturated heterocycles. The number of urea groups is 1. The van der Waals surface area contributed by atoms with Gasteiger partial charge in [0.15, 0.2) is 0 Å². The van der Waals surface area contributed by atoms with Crippen molar-refractivity contribution in [2.75, 3.05) is 19.0 Å². The summed E-state index contributed by atoms with van der Waals surface area (Å²) in [4.78, 5) is 35.4. The van der Waals surface area contributed by atoms with Crippen LogP contribution in [-0.4, -0.2) is 47.6 Å². The molecule has 0 aliphatic rings. The number of amides is 2. The maximum Gasteiger partial charge on any atom is 0.367 e. The van der Waals surface area contributed by atoms with Gasteiger partial charge in [0.25, 0.3) is 0 Å². The van der Waals surface area contributed by atoms with Crippen LogP contribution in [0.1, 0.15) is 47.4 Å². The molecular formula is C27H32ClN5O4S. The van der Waals surface area contributed by atoms with Gasteiger partial charge in [0.2, 0.25) is 11.0 Å². The highest BCUT2D eigenvalue weighted by Crippen LogP contribution is 2.23. The largest absolute Gasteiger partial charge is 0.491 e. The van der Waals surface area contributed by atoms with Gasteiger partial charge in [-0.3, -0.25) is 9.89 Å². The number of anilines is 1. The molecule has 0 unspecified atom stereocenters. The molecule has 11 heteroatoms. The van der Waals surface area contributed by atoms with Crippen molar-refractivity contribution in [1.29, 1.82) is 0 Å². The third-order valence-electron chi connectivity index (χ3n) is 5.18. The predicted octanol–water partition coefficient (Wildman–Crippen LogP) is 5.88. The minimum atomic E-state index is -0.482. The van der Waals surface area contributed by atoms with Crippen LogP contribution in [-0.2, 0) is 17.8 Å². The van der Waals surface area contributed by atoms with Crippen LogP contribution in [0.5, 0.6) is 5.75 Å². The van der Waals surface area contributed by atoms with Crippen molar-refractivity contribution in [3.8, 4) is 5.75 Å². The lowest BCUT2D eigenvalue weighted by atomic mass is 10.2. The molecule has 3 aromatic rings. The van der Waals surface area contributed by atoms with E-state index in [0.29, 0.717) is 16.7 Å². The molecule has 2 amide bonds. The Labute approximate surface area is 231 Å². The lowest BCUT2D eigenvalue weighted by molar-refractivity contribution is 0.0525. The molecule has 0 bridgehead atoms. The van der Waals surface area contributed by atoms with E-state index in [2.05, 4.69) is 20.6 Å². The van der Waals surface area contributed by atoms with E-state index >= 15 is 0 Å². The van der Waals surface area contributed by atoms with Crippen LogP contribution < -0.4 is 15.4 Å². The van der Waals surface area contributed by atoms with Crippen LogP contribution >= 0.6 is 22.9 Å². The Morgan fingerprint density at radius 2 is 1.92 bits per heavy atom. The fourth-order valence-electron chi connectivity index (χ4n) is 3.44. The van der Waals surface area contributed by atoms with E-state index in [0.717, 1.165) is 22.6 Å². The number of guanidine groups is 1. The number of benzene rings is 2. The first-order valence-electron chi connectivity index (χ1n) is 12.1. The van der Waals surface area contributed by atoms with Crippen molar-refractivity contribution in [2.24, 2.45) is 4.99 Å². The Balaban J connectivity index is 1.79. The van der Waals surface area contributed by atoms with Crippen molar-refractivity contribution in [3.05, 3.63) is 74.7 Å². The third kappa shape index (κ3) is 8.19. The second kappa shape index (κ2) is 13.8. The molecule has 0 aliphatic carbocycles. The first-order valence-corrected chi connectivity index (χ1v) is 13.4. The molecule has 0 aliphatic heterocycles. The standard InChI is InChI=1S/C27H32ClN5O4S/c1-6-36-25(34)24-31-22(16-38-24)14-30-27(35)33(15-19-7-9-20(28)10-8-19)26(29-5)32-21-11-12-23(18(4)13-21)37-17(2)3/h7-13,16-17H,6,14-15H2,1-5H3,(H,29,32)(H,30,35). The molecule has 2 N–H and O–H groups in total. The van der Waals surface area contributed by atoms with Gasteiger partial charge in [-0.25, -0.2) is 14.6 Å². The van der Waals surface area contributed by atoms with E-state index in [1.54, 1.807) is 31.5 Å². The predicted molar refractivity (Wildman–Crippen MR) is 151 cm³/mol. The fourth-order valence-corrected chi connectivity index (χ4v) is 4.27. The fraction of sp³-hybridized carbons (Fsp3) is 0.333. The minimum Gasteiger partial charge on any atom is -0.491 e. The summed E-state index contributed by atoms with van der Waals surface area (Å²) >= 11 is 7.22. The summed E-state index contributed by atoms with van der Waals surface area (Å²) in [6, 6.07) is 12.5. The molecule has 3 rings (SSSR count). The number of halogens is 1. The van der Waals surface area contributed by atoms with Gasteiger partial charge >= 0.3 is 12.0 Å². The number of nitrogens with zero attached hydrogens (tertiary/aromatic N) is 3. The molecule has 0 fully saturated rings. The van der Waals surface area contributed by atoms with Gasteiger partial charge in [0, 0.05) is 23.1 Å². The number of rotatable bonds is 9. The summed E-state index contributed by atoms with van der Waals surface area (Å²) in [6.45, 7) is 8.28. The average Bonchev–Trinajstić information content (AvgIpc) is 3.36. The normalized spacial score (nSPS) is 11.3. The van der Waals surface area contributed by atoms with E-state index < -0.39 is 12.0 Å². The number of esters is 1. The maximum absolute atomic E-state index is 13.4. The number of ether oxygens (including phenoxy) is 2. The topological polar surface area (TPSA) is 105 Å². The number of aliphatic imine (C=N–C) groups is 1. The molecular weight excluding hydrogens is 526 g/mol. The van der Waals surface area contributed by atoms with Crippen LogP contribution in [0.15, 0.2) is 52.8 Å². The van der Waals surface area contributed by atoms with Crippen LogP contribution in [0, 0.1) is 6.92 Å². The van der Waals surface area contributed by atoms with Gasteiger partial charge in [-0.1, -0.05) is 23.7 Å². The number of thiazole rings is 1. The zero-order valence-corrected chi connectivity index (χ0v) is 23.7. The molecule has 202 valence electrons. The SMILES string of the molecule is CCOC(=O)c1nc(CNC(=O)N(Cc2ccc(Cl)cc2)C(=NC)Nc2ccc(OC(C)C)c(C)c2)cs1. The summed E-state index contributed by atoms with van der Waals surface area (Å²) in [7, 11) is 1.61. The highest BCUT2D eigenvalue weighted by Gasteiger charge is 2.21. The maximum atomic E-state index is 13.4. The molecule has 2 aromatic carbocycles. The Morgan fingerprint density at radius 3 is 2.55 bits per heavy atom. The van der Waals surface area contributed by atoms with Crippen LogP contribution in [0.2, 0.25) is 5.02 Å². The molecule has 0 spiro atoms. The number of carbonyl (C=O) groups is 2. The lowest BCUT2D eigenvalue weighted by Gasteiger charge is -2.25. The molecule has 1 aromatic heterocycles. The number of hydrogen-bond donors (Lipinski definition) is 2. The smallest absolute Gasteiger partial charge is 0.367 e. The number of aryl methyl sites for hydroxylation is 1. The Hall–Kier alpha value is -3.63. The van der Waals surface area contributed by atoms with E-state index in [9.17, 15) is 9.59 Å². The molecule has 9 nitrogen and oxygen atoms in total. The van der Waals surface area contributed by atoms with E-state index in [1.165, 1.54) is 16.2 Å². The molecule has 1 heterocycles. The second-order valence-electron chi connectivity index (χ2n) is 8.55. The summed E-state index contributed by atoms with van der Waals surface area (Å²) in [5, 5.41) is 8.68. The van der Waals surface area contributed by atoms with Crippen molar-refractivity contribution >= 4 is 46.6 Å². The highest BCUT2D eigenvalue weighted by molar-refractivity contribution is 7.11. The first kappa shape index (κ1) is 28.9. The Kier molecular flexibility index (Phi) is 10.5. The number of aromatic nitrogens is 1. The summed E-state index contributed by atoms with van der Waals surface area (Å²) < 4.78 is 10.8. The summed E-state index contributed by atoms with van der Waals surface area (Å²) in [6.07, 6.45) is 0.0601. The van der Waals surface area contributed by atoms with Crippen molar-refractivity contribution in [3.63, 3.8) is 0 Å². The van der Waals surface area contributed by atoms with Crippen molar-refractivity contribution in [2.45, 2.75) is 46.9 Å². The van der Waals surface area contributed by atoms with Gasteiger partial charge in [0.1, 0.15) is 5.75 Å². The summed E-state index contributed by atoms with van der Waals surface area (Å²) in [5.41, 5.74) is 3.13. The van der Waals surface area contributed by atoms with Crippen LogP contribution in [0.3, 0.4) is 0 Å². The average molecular weight is 558 g/mol. The lowest BCUT2D eigenvalue weighted by Crippen LogP contribution is -2.46. The molecule has 0 saturated carbocycles. The second-order valence-corrected chi connectivity index (χ2v) is 9.85. The molecule has 0 atom stereocenters.